The van der Waals surface area contributed by atoms with Crippen LogP contribution in [0, 0.1) is 6.92 Å². The first kappa shape index (κ1) is 22.8. The number of carbonyl (C=O) groups excluding carboxylic acids is 1. The number of alkyl halides is 3. The van der Waals surface area contributed by atoms with Crippen molar-refractivity contribution in [2.75, 3.05) is 0 Å². The van der Waals surface area contributed by atoms with Gasteiger partial charge in [-0.15, -0.1) is 0 Å². The first-order valence-corrected chi connectivity index (χ1v) is 10.5. The molecule has 0 unspecified atom stereocenters. The van der Waals surface area contributed by atoms with Gasteiger partial charge in [-0.1, -0.05) is 29.8 Å². The third kappa shape index (κ3) is 4.32. The predicted molar refractivity (Wildman–Crippen MR) is 114 cm³/mol. The highest BCUT2D eigenvalue weighted by atomic mass is 35.5. The summed E-state index contributed by atoms with van der Waals surface area (Å²) in [6, 6.07) is 12.2. The topological polar surface area (TPSA) is 75.4 Å². The Kier molecular flexibility index (Phi) is 5.92. The molecule has 2 heterocycles. The SMILES string of the molecule is Cc1cc(C(F)(F)F)nn1-c1ccc(C(=O)N2[C@@H](c3ccccc3Cl)CC[C@H]2C(=O)O)cc1. The van der Waals surface area contributed by atoms with E-state index in [0.29, 0.717) is 22.7 Å². The van der Waals surface area contributed by atoms with E-state index in [1.807, 2.05) is 0 Å². The molecule has 0 bridgehead atoms. The van der Waals surface area contributed by atoms with Crippen molar-refractivity contribution < 1.29 is 27.9 Å². The molecule has 1 fully saturated rings. The van der Waals surface area contributed by atoms with Gasteiger partial charge in [0.1, 0.15) is 6.04 Å². The Bertz CT molecular complexity index is 1210. The van der Waals surface area contributed by atoms with Gasteiger partial charge in [0.15, 0.2) is 5.69 Å². The highest BCUT2D eigenvalue weighted by molar-refractivity contribution is 6.31. The molecular formula is C23H19ClF3N3O3. The number of rotatable bonds is 4. The lowest BCUT2D eigenvalue weighted by Gasteiger charge is -2.29. The zero-order valence-electron chi connectivity index (χ0n) is 17.4. The van der Waals surface area contributed by atoms with Crippen LogP contribution in [-0.4, -0.2) is 37.7 Å². The number of hydrogen-bond acceptors (Lipinski definition) is 3. The van der Waals surface area contributed by atoms with E-state index in [2.05, 4.69) is 5.10 Å². The number of amides is 1. The third-order valence-electron chi connectivity index (χ3n) is 5.71. The summed E-state index contributed by atoms with van der Waals surface area (Å²) in [5, 5.41) is 13.7. The monoisotopic (exact) mass is 477 g/mol. The van der Waals surface area contributed by atoms with E-state index in [9.17, 15) is 27.9 Å². The molecule has 4 rings (SSSR count). The van der Waals surface area contributed by atoms with E-state index in [4.69, 9.17) is 11.6 Å². The minimum absolute atomic E-state index is 0.213. The maximum absolute atomic E-state index is 13.4. The van der Waals surface area contributed by atoms with Crippen LogP contribution >= 0.6 is 11.6 Å². The molecular weight excluding hydrogens is 459 g/mol. The minimum atomic E-state index is -4.57. The van der Waals surface area contributed by atoms with Gasteiger partial charge in [-0.05, 0) is 61.7 Å². The molecule has 2 aromatic carbocycles. The Hall–Kier alpha value is -3.33. The van der Waals surface area contributed by atoms with Crippen molar-refractivity contribution >= 4 is 23.5 Å². The van der Waals surface area contributed by atoms with E-state index < -0.39 is 35.8 Å². The fourth-order valence-electron chi connectivity index (χ4n) is 4.16. The second-order valence-electron chi connectivity index (χ2n) is 7.81. The molecule has 1 saturated heterocycles. The van der Waals surface area contributed by atoms with Crippen LogP contribution in [0.3, 0.4) is 0 Å². The van der Waals surface area contributed by atoms with Crippen molar-refractivity contribution in [2.45, 2.75) is 38.0 Å². The van der Waals surface area contributed by atoms with Crippen LogP contribution < -0.4 is 0 Å². The summed E-state index contributed by atoms with van der Waals surface area (Å²) in [4.78, 5) is 26.5. The molecule has 1 amide bonds. The second kappa shape index (κ2) is 8.55. The van der Waals surface area contributed by atoms with Gasteiger partial charge >= 0.3 is 12.1 Å². The molecule has 1 N–H and O–H groups in total. The number of aryl methyl sites for hydroxylation is 1. The molecule has 1 aliphatic heterocycles. The molecule has 2 atom stereocenters. The number of likely N-dealkylation sites (tertiary alicyclic amines) is 1. The molecule has 0 saturated carbocycles. The van der Waals surface area contributed by atoms with Crippen molar-refractivity contribution in [3.63, 3.8) is 0 Å². The second-order valence-corrected chi connectivity index (χ2v) is 8.22. The quantitative estimate of drug-likeness (QED) is 0.554. The van der Waals surface area contributed by atoms with Gasteiger partial charge < -0.3 is 10.0 Å². The number of carboxylic acids is 1. The maximum Gasteiger partial charge on any atom is 0.435 e. The minimum Gasteiger partial charge on any atom is -0.480 e. The Morgan fingerprint density at radius 3 is 2.33 bits per heavy atom. The molecule has 172 valence electrons. The first-order chi connectivity index (χ1) is 15.6. The summed E-state index contributed by atoms with van der Waals surface area (Å²) in [7, 11) is 0. The molecule has 10 heteroatoms. The summed E-state index contributed by atoms with van der Waals surface area (Å²) in [6.45, 7) is 1.50. The Morgan fingerprint density at radius 2 is 1.76 bits per heavy atom. The third-order valence-corrected chi connectivity index (χ3v) is 6.05. The smallest absolute Gasteiger partial charge is 0.435 e. The molecule has 1 aromatic heterocycles. The Morgan fingerprint density at radius 1 is 1.09 bits per heavy atom. The van der Waals surface area contributed by atoms with Crippen LogP contribution in [-0.2, 0) is 11.0 Å². The number of nitrogens with zero attached hydrogens (tertiary/aromatic N) is 3. The molecule has 3 aromatic rings. The molecule has 33 heavy (non-hydrogen) atoms. The van der Waals surface area contributed by atoms with E-state index in [1.165, 1.54) is 36.1 Å². The summed E-state index contributed by atoms with van der Waals surface area (Å²) >= 11 is 6.31. The van der Waals surface area contributed by atoms with Gasteiger partial charge in [-0.3, -0.25) is 4.79 Å². The normalized spacial score (nSPS) is 18.5. The lowest BCUT2D eigenvalue weighted by Crippen LogP contribution is -2.41. The predicted octanol–water partition coefficient (Wildman–Crippen LogP) is 5.28. The van der Waals surface area contributed by atoms with E-state index in [-0.39, 0.29) is 17.7 Å². The van der Waals surface area contributed by atoms with Gasteiger partial charge in [0.05, 0.1) is 11.7 Å². The molecule has 0 aliphatic carbocycles. The van der Waals surface area contributed by atoms with Crippen molar-refractivity contribution in [2.24, 2.45) is 0 Å². The molecule has 6 nitrogen and oxygen atoms in total. The first-order valence-electron chi connectivity index (χ1n) is 10.1. The fourth-order valence-corrected chi connectivity index (χ4v) is 4.42. The molecule has 0 radical (unpaired) electrons. The lowest BCUT2D eigenvalue weighted by molar-refractivity contribution is -0.142. The Balaban J connectivity index is 1.66. The van der Waals surface area contributed by atoms with Crippen LogP contribution in [0.15, 0.2) is 54.6 Å². The number of hydrogen-bond donors (Lipinski definition) is 1. The van der Waals surface area contributed by atoms with Crippen LogP contribution in [0.1, 0.15) is 46.2 Å². The van der Waals surface area contributed by atoms with Crippen molar-refractivity contribution in [3.05, 3.63) is 82.1 Å². The standard InChI is InChI=1S/C23H19ClF3N3O3/c1-13-12-20(23(25,26)27)28-30(13)15-8-6-14(7-9-15)21(31)29-18(10-11-19(29)22(32)33)16-4-2-3-5-17(16)24/h2-9,12,18-19H,10-11H2,1H3,(H,32,33)/t18-,19+/m1/s1. The number of carboxylic acid groups (broad SMARTS) is 1. The summed E-state index contributed by atoms with van der Waals surface area (Å²) in [5.41, 5.74) is 0.498. The zero-order chi connectivity index (χ0) is 23.9. The number of benzene rings is 2. The zero-order valence-corrected chi connectivity index (χ0v) is 18.1. The highest BCUT2D eigenvalue weighted by Gasteiger charge is 2.42. The summed E-state index contributed by atoms with van der Waals surface area (Å²) in [6.07, 6.45) is -3.85. The lowest BCUT2D eigenvalue weighted by atomic mass is 10.0. The average molecular weight is 478 g/mol. The van der Waals surface area contributed by atoms with Crippen LogP contribution in [0.25, 0.3) is 5.69 Å². The van der Waals surface area contributed by atoms with Gasteiger partial charge in [0, 0.05) is 16.3 Å². The summed E-state index contributed by atoms with van der Waals surface area (Å²) < 4.78 is 40.0. The van der Waals surface area contributed by atoms with E-state index in [1.54, 1.807) is 24.3 Å². The van der Waals surface area contributed by atoms with Gasteiger partial charge in [0.25, 0.3) is 5.91 Å². The van der Waals surface area contributed by atoms with Gasteiger partial charge in [-0.25, -0.2) is 9.48 Å². The largest absolute Gasteiger partial charge is 0.480 e. The van der Waals surface area contributed by atoms with E-state index in [0.717, 1.165) is 10.7 Å². The van der Waals surface area contributed by atoms with Crippen molar-refractivity contribution in [3.8, 4) is 5.69 Å². The fraction of sp³-hybridized carbons (Fsp3) is 0.261. The number of halogens is 4. The van der Waals surface area contributed by atoms with Crippen molar-refractivity contribution in [1.29, 1.82) is 0 Å². The van der Waals surface area contributed by atoms with Crippen LogP contribution in [0.2, 0.25) is 5.02 Å². The highest BCUT2D eigenvalue weighted by Crippen LogP contribution is 2.40. The van der Waals surface area contributed by atoms with Crippen LogP contribution in [0.4, 0.5) is 13.2 Å². The Labute approximate surface area is 192 Å². The van der Waals surface area contributed by atoms with Crippen molar-refractivity contribution in [1.82, 2.24) is 14.7 Å². The number of aromatic nitrogens is 2. The van der Waals surface area contributed by atoms with E-state index >= 15 is 0 Å². The number of carbonyl (C=O) groups is 2. The summed E-state index contributed by atoms with van der Waals surface area (Å²) in [5.74, 6) is -1.61. The van der Waals surface area contributed by atoms with Gasteiger partial charge in [-0.2, -0.15) is 18.3 Å². The maximum atomic E-state index is 13.4. The van der Waals surface area contributed by atoms with Crippen LogP contribution in [0.5, 0.6) is 0 Å². The molecule has 0 spiro atoms. The number of aliphatic carboxylic acids is 1. The van der Waals surface area contributed by atoms with Gasteiger partial charge in [0.2, 0.25) is 0 Å². The molecule has 1 aliphatic rings. The average Bonchev–Trinajstić information content (AvgIpc) is 3.38.